The topological polar surface area (TPSA) is 55.8 Å². The van der Waals surface area contributed by atoms with Crippen LogP contribution < -0.4 is 4.74 Å². The smallest absolute Gasteiger partial charge is 0.416 e. The van der Waals surface area contributed by atoms with Gasteiger partial charge in [0.1, 0.15) is 5.75 Å². The van der Waals surface area contributed by atoms with Crippen molar-refractivity contribution in [3.63, 3.8) is 0 Å². The zero-order chi connectivity index (χ0) is 24.9. The highest BCUT2D eigenvalue weighted by molar-refractivity contribution is 7.95. The fourth-order valence-corrected chi connectivity index (χ4v) is 5.53. The Kier molecular flexibility index (Phi) is 8.43. The molecule has 0 aliphatic carbocycles. The lowest BCUT2D eigenvalue weighted by atomic mass is 9.97. The van der Waals surface area contributed by atoms with Gasteiger partial charge in [-0.05, 0) is 68.8 Å². The molecule has 0 atom stereocenters. The van der Waals surface area contributed by atoms with Gasteiger partial charge in [-0.1, -0.05) is 19.1 Å². The number of alkyl halides is 3. The molecule has 1 heterocycles. The van der Waals surface area contributed by atoms with Crippen LogP contribution >= 0.6 is 0 Å². The third-order valence-electron chi connectivity index (χ3n) is 5.96. The summed E-state index contributed by atoms with van der Waals surface area (Å²) in [6.45, 7) is 7.48. The lowest BCUT2D eigenvalue weighted by Gasteiger charge is -2.19. The van der Waals surface area contributed by atoms with E-state index in [9.17, 15) is 21.6 Å². The van der Waals surface area contributed by atoms with Crippen LogP contribution in [0.25, 0.3) is 5.57 Å². The first-order chi connectivity index (χ1) is 16.1. The molecule has 0 bridgehead atoms. The van der Waals surface area contributed by atoms with Gasteiger partial charge in [0.15, 0.2) is 0 Å². The van der Waals surface area contributed by atoms with Crippen LogP contribution in [0.15, 0.2) is 52.3 Å². The van der Waals surface area contributed by atoms with Crippen molar-refractivity contribution in [2.45, 2.75) is 37.8 Å². The third-order valence-corrected chi connectivity index (χ3v) is 7.89. The largest absolute Gasteiger partial charge is 0.494 e. The van der Waals surface area contributed by atoms with Crippen LogP contribution in [0.3, 0.4) is 0 Å². The number of hydrogen-bond donors (Lipinski definition) is 0. The Bertz CT molecular complexity index is 1130. The van der Waals surface area contributed by atoms with Gasteiger partial charge < -0.3 is 14.4 Å². The minimum absolute atomic E-state index is 0.120. The molecule has 1 aliphatic rings. The molecule has 5 nitrogen and oxygen atoms in total. The van der Waals surface area contributed by atoms with E-state index in [0.717, 1.165) is 44.6 Å². The quantitative estimate of drug-likeness (QED) is 0.389. The Balaban J connectivity index is 1.69. The molecule has 9 heteroatoms. The maximum Gasteiger partial charge on any atom is 0.416 e. The first-order valence-corrected chi connectivity index (χ1v) is 12.7. The molecule has 0 amide bonds. The second kappa shape index (κ2) is 10.9. The molecule has 186 valence electrons. The van der Waals surface area contributed by atoms with Gasteiger partial charge in [0.05, 0.1) is 28.6 Å². The molecule has 1 aliphatic heterocycles. The maximum atomic E-state index is 13.0. The van der Waals surface area contributed by atoms with E-state index in [2.05, 4.69) is 11.8 Å². The molecule has 2 aromatic rings. The summed E-state index contributed by atoms with van der Waals surface area (Å²) in [5.41, 5.74) is 0.544. The Labute approximate surface area is 199 Å². The predicted molar refractivity (Wildman–Crippen MR) is 125 cm³/mol. The summed E-state index contributed by atoms with van der Waals surface area (Å²) in [5.74, 6) is 0.454. The number of halogens is 3. The molecule has 34 heavy (non-hydrogen) atoms. The predicted octanol–water partition coefficient (Wildman–Crippen LogP) is 5.40. The van der Waals surface area contributed by atoms with Crippen LogP contribution in [-0.4, -0.2) is 53.3 Å². The van der Waals surface area contributed by atoms with Crippen LogP contribution in [-0.2, 0) is 20.8 Å². The first-order valence-electron chi connectivity index (χ1n) is 11.2. The summed E-state index contributed by atoms with van der Waals surface area (Å²) in [4.78, 5) is 2.53. The molecule has 0 N–H and O–H groups in total. The van der Waals surface area contributed by atoms with Crippen molar-refractivity contribution in [2.75, 3.05) is 40.0 Å². The number of benzene rings is 2. The van der Waals surface area contributed by atoms with Crippen LogP contribution in [0.1, 0.15) is 43.4 Å². The molecular weight excluding hydrogens is 467 g/mol. The number of unbranched alkanes of at least 4 members (excludes halogenated alkanes) is 1. The van der Waals surface area contributed by atoms with E-state index in [0.29, 0.717) is 35.7 Å². The fraction of sp³-hybridized carbons (Fsp3) is 0.440. The number of hydrogen-bond acceptors (Lipinski definition) is 5. The molecule has 0 saturated heterocycles. The van der Waals surface area contributed by atoms with E-state index in [1.54, 1.807) is 19.2 Å². The summed E-state index contributed by atoms with van der Waals surface area (Å²) in [5, 5.41) is 0. The molecule has 0 radical (unpaired) electrons. The number of ether oxygens (including phenoxy) is 2. The first kappa shape index (κ1) is 26.2. The minimum atomic E-state index is -4.45. The van der Waals surface area contributed by atoms with E-state index in [1.165, 1.54) is 25.1 Å². The van der Waals surface area contributed by atoms with Gasteiger partial charge >= 0.3 is 6.18 Å². The maximum absolute atomic E-state index is 13.0. The van der Waals surface area contributed by atoms with Gasteiger partial charge in [0, 0.05) is 24.8 Å². The molecule has 3 rings (SSSR count). The Morgan fingerprint density at radius 1 is 0.971 bits per heavy atom. The number of sulfone groups is 1. The molecular formula is C25H30F3NO4S. The third kappa shape index (κ3) is 5.82. The number of rotatable bonds is 11. The summed E-state index contributed by atoms with van der Waals surface area (Å²) in [6.07, 6.45) is -2.69. The zero-order valence-corrected chi connectivity index (χ0v) is 20.4. The molecule has 0 saturated carbocycles. The van der Waals surface area contributed by atoms with Crippen molar-refractivity contribution < 1.29 is 31.1 Å². The number of methoxy groups -OCH3 is 1. The van der Waals surface area contributed by atoms with Gasteiger partial charge in [-0.15, -0.1) is 0 Å². The standard InChI is InChI=1S/C25H30F3NO4S/c1-4-29(14-16-32-3)13-5-6-15-33-21-11-12-22-23(17-21)34(30,31)18(2)24(22)19-7-9-20(10-8-19)25(26,27)28/h7-12,17H,4-6,13-16H2,1-3H3. The molecule has 2 aromatic carbocycles. The number of likely N-dealkylation sites (N-methyl/N-ethyl adjacent to an activating group) is 1. The molecule has 0 fully saturated rings. The van der Waals surface area contributed by atoms with E-state index in [-0.39, 0.29) is 9.80 Å². The normalized spacial score (nSPS) is 15.1. The van der Waals surface area contributed by atoms with Crippen LogP contribution in [0, 0.1) is 0 Å². The Hall–Kier alpha value is -2.36. The average molecular weight is 498 g/mol. The molecule has 0 aromatic heterocycles. The van der Waals surface area contributed by atoms with Crippen molar-refractivity contribution in [2.24, 2.45) is 0 Å². The summed E-state index contributed by atoms with van der Waals surface area (Å²) in [6, 6.07) is 9.41. The van der Waals surface area contributed by atoms with E-state index >= 15 is 0 Å². The summed E-state index contributed by atoms with van der Waals surface area (Å²) < 4.78 is 75.6. The molecule has 0 unspecified atom stereocenters. The SMILES string of the molecule is CCN(CCCCOc1ccc2c(c1)S(=O)(=O)C(C)=C2c1ccc(C(F)(F)F)cc1)CCOC. The average Bonchev–Trinajstić information content (AvgIpc) is 3.00. The van der Waals surface area contributed by atoms with Crippen molar-refractivity contribution in [1.29, 1.82) is 0 Å². The lowest BCUT2D eigenvalue weighted by molar-refractivity contribution is -0.137. The van der Waals surface area contributed by atoms with Gasteiger partial charge in [0.25, 0.3) is 0 Å². The zero-order valence-electron chi connectivity index (χ0n) is 19.6. The minimum Gasteiger partial charge on any atom is -0.494 e. The van der Waals surface area contributed by atoms with E-state index in [4.69, 9.17) is 9.47 Å². The Morgan fingerprint density at radius 3 is 2.29 bits per heavy atom. The summed E-state index contributed by atoms with van der Waals surface area (Å²) >= 11 is 0. The van der Waals surface area contributed by atoms with Gasteiger partial charge in [0.2, 0.25) is 9.84 Å². The van der Waals surface area contributed by atoms with E-state index < -0.39 is 21.6 Å². The van der Waals surface area contributed by atoms with Crippen LogP contribution in [0.2, 0.25) is 0 Å². The highest BCUT2D eigenvalue weighted by Gasteiger charge is 2.35. The molecule has 0 spiro atoms. The number of fused-ring (bicyclic) bond motifs is 1. The van der Waals surface area contributed by atoms with Crippen molar-refractivity contribution in [3.05, 3.63) is 64.1 Å². The summed E-state index contributed by atoms with van der Waals surface area (Å²) in [7, 11) is -2.06. The van der Waals surface area contributed by atoms with Crippen molar-refractivity contribution in [3.8, 4) is 5.75 Å². The van der Waals surface area contributed by atoms with Crippen molar-refractivity contribution >= 4 is 15.4 Å². The van der Waals surface area contributed by atoms with Crippen LogP contribution in [0.5, 0.6) is 5.75 Å². The monoisotopic (exact) mass is 497 g/mol. The van der Waals surface area contributed by atoms with Crippen molar-refractivity contribution in [1.82, 2.24) is 4.90 Å². The lowest BCUT2D eigenvalue weighted by Crippen LogP contribution is -2.28. The number of allylic oxidation sites excluding steroid dienone is 1. The number of nitrogens with zero attached hydrogens (tertiary/aromatic N) is 1. The highest BCUT2D eigenvalue weighted by atomic mass is 32.2. The van der Waals surface area contributed by atoms with Gasteiger partial charge in [-0.2, -0.15) is 13.2 Å². The second-order valence-corrected chi connectivity index (χ2v) is 10.2. The highest BCUT2D eigenvalue weighted by Crippen LogP contribution is 2.44. The van der Waals surface area contributed by atoms with E-state index in [1.807, 2.05) is 0 Å². The second-order valence-electron chi connectivity index (χ2n) is 8.15. The van der Waals surface area contributed by atoms with Crippen LogP contribution in [0.4, 0.5) is 13.2 Å². The van der Waals surface area contributed by atoms with Gasteiger partial charge in [-0.3, -0.25) is 0 Å². The Morgan fingerprint density at radius 2 is 1.68 bits per heavy atom. The fourth-order valence-electron chi connectivity index (χ4n) is 3.97. The van der Waals surface area contributed by atoms with Gasteiger partial charge in [-0.25, -0.2) is 8.42 Å².